The van der Waals surface area contributed by atoms with Crippen molar-refractivity contribution in [2.75, 3.05) is 13.2 Å². The smallest absolute Gasteiger partial charge is 0.315 e. The van der Waals surface area contributed by atoms with Gasteiger partial charge in [-0.15, -0.1) is 0 Å². The SMILES string of the molecule is Cc1nn(C)c(C)c1CCNC(=O)NC1C2CCC(C2)C1CO. The lowest BCUT2D eigenvalue weighted by molar-refractivity contribution is 0.144. The molecule has 0 spiro atoms. The van der Waals surface area contributed by atoms with E-state index >= 15 is 0 Å². The van der Waals surface area contributed by atoms with E-state index in [2.05, 4.69) is 22.7 Å². The fraction of sp³-hybridized carbons (Fsp3) is 0.765. The number of hydrogen-bond acceptors (Lipinski definition) is 3. The molecule has 2 bridgehead atoms. The van der Waals surface area contributed by atoms with E-state index in [0.717, 1.165) is 24.2 Å². The lowest BCUT2D eigenvalue weighted by Gasteiger charge is -2.30. The van der Waals surface area contributed by atoms with Crippen LogP contribution in [-0.4, -0.2) is 40.1 Å². The summed E-state index contributed by atoms with van der Waals surface area (Å²) in [4.78, 5) is 12.2. The number of urea groups is 1. The number of aromatic nitrogens is 2. The van der Waals surface area contributed by atoms with Crippen molar-refractivity contribution in [2.45, 2.75) is 45.6 Å². The molecule has 1 aromatic rings. The van der Waals surface area contributed by atoms with Gasteiger partial charge in [-0.1, -0.05) is 0 Å². The number of hydrogen-bond donors (Lipinski definition) is 3. The molecule has 128 valence electrons. The Hall–Kier alpha value is -1.56. The van der Waals surface area contributed by atoms with Gasteiger partial charge in [0.2, 0.25) is 0 Å². The fourth-order valence-corrected chi connectivity index (χ4v) is 4.58. The van der Waals surface area contributed by atoms with Crippen LogP contribution >= 0.6 is 0 Å². The van der Waals surface area contributed by atoms with Gasteiger partial charge in [0.15, 0.2) is 0 Å². The zero-order valence-electron chi connectivity index (χ0n) is 14.3. The molecule has 6 heteroatoms. The number of nitrogens with zero attached hydrogens (tertiary/aromatic N) is 2. The Labute approximate surface area is 137 Å². The molecule has 0 saturated heterocycles. The highest BCUT2D eigenvalue weighted by molar-refractivity contribution is 5.74. The molecule has 23 heavy (non-hydrogen) atoms. The number of carbonyl (C=O) groups is 1. The highest BCUT2D eigenvalue weighted by Crippen LogP contribution is 2.48. The topological polar surface area (TPSA) is 79.2 Å². The summed E-state index contributed by atoms with van der Waals surface area (Å²) >= 11 is 0. The third-order valence-electron chi connectivity index (χ3n) is 5.92. The average Bonchev–Trinajstić information content (AvgIpc) is 3.17. The summed E-state index contributed by atoms with van der Waals surface area (Å²) in [5, 5.41) is 20.0. The van der Waals surface area contributed by atoms with E-state index in [1.807, 2.05) is 18.7 Å². The summed E-state index contributed by atoms with van der Waals surface area (Å²) in [5.41, 5.74) is 3.39. The maximum absolute atomic E-state index is 12.2. The van der Waals surface area contributed by atoms with Crippen molar-refractivity contribution in [1.82, 2.24) is 20.4 Å². The normalized spacial score (nSPS) is 29.0. The van der Waals surface area contributed by atoms with Crippen LogP contribution < -0.4 is 10.6 Å². The molecule has 3 rings (SSSR count). The third kappa shape index (κ3) is 3.09. The molecule has 0 aliphatic heterocycles. The van der Waals surface area contributed by atoms with Crippen LogP contribution in [0, 0.1) is 31.6 Å². The van der Waals surface area contributed by atoms with E-state index < -0.39 is 0 Å². The molecule has 6 nitrogen and oxygen atoms in total. The van der Waals surface area contributed by atoms with Crippen LogP contribution in [0.5, 0.6) is 0 Å². The second-order valence-corrected chi connectivity index (χ2v) is 7.13. The Balaban J connectivity index is 1.48. The Morgan fingerprint density at radius 1 is 1.35 bits per heavy atom. The summed E-state index contributed by atoms with van der Waals surface area (Å²) in [6.45, 7) is 4.84. The summed E-state index contributed by atoms with van der Waals surface area (Å²) in [7, 11) is 1.94. The number of fused-ring (bicyclic) bond motifs is 2. The molecule has 0 aromatic carbocycles. The Bertz CT molecular complexity index is 583. The van der Waals surface area contributed by atoms with Gasteiger partial charge in [-0.05, 0) is 56.9 Å². The fourth-order valence-electron chi connectivity index (χ4n) is 4.58. The van der Waals surface area contributed by atoms with Gasteiger partial charge in [-0.25, -0.2) is 4.79 Å². The molecule has 0 radical (unpaired) electrons. The summed E-state index contributed by atoms with van der Waals surface area (Å²) < 4.78 is 1.88. The summed E-state index contributed by atoms with van der Waals surface area (Å²) in [6, 6.07) is 0.0285. The highest BCUT2D eigenvalue weighted by atomic mass is 16.3. The van der Waals surface area contributed by atoms with E-state index in [0.29, 0.717) is 18.4 Å². The van der Waals surface area contributed by atoms with Crippen molar-refractivity contribution in [3.63, 3.8) is 0 Å². The van der Waals surface area contributed by atoms with Crippen molar-refractivity contribution >= 4 is 6.03 Å². The molecule has 2 aliphatic carbocycles. The van der Waals surface area contributed by atoms with Crippen LogP contribution in [0.15, 0.2) is 0 Å². The van der Waals surface area contributed by atoms with Crippen molar-refractivity contribution in [3.8, 4) is 0 Å². The molecule has 2 saturated carbocycles. The molecular formula is C17H28N4O2. The quantitative estimate of drug-likeness (QED) is 0.765. The number of nitrogens with one attached hydrogen (secondary N) is 2. The summed E-state index contributed by atoms with van der Waals surface area (Å²) in [5.74, 6) is 1.38. The van der Waals surface area contributed by atoms with Gasteiger partial charge < -0.3 is 15.7 Å². The number of amides is 2. The predicted octanol–water partition coefficient (Wildman–Crippen LogP) is 1.29. The van der Waals surface area contributed by atoms with Gasteiger partial charge in [0.05, 0.1) is 5.69 Å². The molecule has 4 unspecified atom stereocenters. The third-order valence-corrected chi connectivity index (χ3v) is 5.92. The number of aryl methyl sites for hydroxylation is 2. The maximum atomic E-state index is 12.2. The first kappa shape index (κ1) is 16.3. The molecule has 2 amide bonds. The number of aliphatic hydroxyl groups is 1. The Morgan fingerprint density at radius 3 is 2.74 bits per heavy atom. The highest BCUT2D eigenvalue weighted by Gasteiger charge is 2.47. The van der Waals surface area contributed by atoms with Crippen LogP contribution in [0.25, 0.3) is 0 Å². The van der Waals surface area contributed by atoms with E-state index in [-0.39, 0.29) is 24.6 Å². The first-order valence-corrected chi connectivity index (χ1v) is 8.65. The van der Waals surface area contributed by atoms with Crippen LogP contribution in [0.2, 0.25) is 0 Å². The summed E-state index contributed by atoms with van der Waals surface area (Å²) in [6.07, 6.45) is 4.33. The van der Waals surface area contributed by atoms with Gasteiger partial charge in [-0.3, -0.25) is 4.68 Å². The lowest BCUT2D eigenvalue weighted by Crippen LogP contribution is -2.49. The van der Waals surface area contributed by atoms with Gasteiger partial charge >= 0.3 is 6.03 Å². The minimum Gasteiger partial charge on any atom is -0.396 e. The second-order valence-electron chi connectivity index (χ2n) is 7.13. The lowest BCUT2D eigenvalue weighted by atomic mass is 9.85. The van der Waals surface area contributed by atoms with Crippen LogP contribution in [-0.2, 0) is 13.5 Å². The van der Waals surface area contributed by atoms with Gasteiger partial charge in [0.1, 0.15) is 0 Å². The minimum absolute atomic E-state index is 0.111. The van der Waals surface area contributed by atoms with Crippen LogP contribution in [0.1, 0.15) is 36.2 Å². The maximum Gasteiger partial charge on any atom is 0.315 e. The zero-order chi connectivity index (χ0) is 16.6. The van der Waals surface area contributed by atoms with Crippen molar-refractivity contribution in [3.05, 3.63) is 17.0 Å². The van der Waals surface area contributed by atoms with E-state index in [9.17, 15) is 9.90 Å². The zero-order valence-corrected chi connectivity index (χ0v) is 14.3. The molecule has 2 fully saturated rings. The number of rotatable bonds is 5. The second kappa shape index (κ2) is 6.51. The van der Waals surface area contributed by atoms with Crippen molar-refractivity contribution < 1.29 is 9.90 Å². The van der Waals surface area contributed by atoms with Gasteiger partial charge in [-0.2, -0.15) is 5.10 Å². The monoisotopic (exact) mass is 320 g/mol. The van der Waals surface area contributed by atoms with E-state index in [1.165, 1.54) is 18.4 Å². The molecular weight excluding hydrogens is 292 g/mol. The van der Waals surface area contributed by atoms with Crippen LogP contribution in [0.4, 0.5) is 4.79 Å². The van der Waals surface area contributed by atoms with Crippen molar-refractivity contribution in [2.24, 2.45) is 24.8 Å². The minimum atomic E-state index is -0.111. The number of carbonyl (C=O) groups excluding carboxylic acids is 1. The largest absolute Gasteiger partial charge is 0.396 e. The van der Waals surface area contributed by atoms with Crippen molar-refractivity contribution in [1.29, 1.82) is 0 Å². The molecule has 2 aliphatic rings. The van der Waals surface area contributed by atoms with Gasteiger partial charge in [0, 0.05) is 37.9 Å². The van der Waals surface area contributed by atoms with Crippen LogP contribution in [0.3, 0.4) is 0 Å². The molecule has 1 heterocycles. The van der Waals surface area contributed by atoms with Gasteiger partial charge in [0.25, 0.3) is 0 Å². The molecule has 1 aromatic heterocycles. The Morgan fingerprint density at radius 2 is 2.09 bits per heavy atom. The van der Waals surface area contributed by atoms with E-state index in [1.54, 1.807) is 0 Å². The first-order valence-electron chi connectivity index (χ1n) is 8.65. The number of aliphatic hydroxyl groups excluding tert-OH is 1. The molecule has 4 atom stereocenters. The average molecular weight is 320 g/mol. The predicted molar refractivity (Wildman–Crippen MR) is 88.1 cm³/mol. The standard InChI is InChI=1S/C17H28N4O2/c1-10-14(11(2)21(3)20-10)6-7-18-17(23)19-16-13-5-4-12(8-13)15(16)9-22/h12-13,15-16,22H,4-9H2,1-3H3,(H2,18,19,23). The Kier molecular flexibility index (Phi) is 4.62. The first-order chi connectivity index (χ1) is 11.0. The van der Waals surface area contributed by atoms with E-state index in [4.69, 9.17) is 0 Å². The molecule has 3 N–H and O–H groups in total.